The van der Waals surface area contributed by atoms with E-state index in [0.717, 1.165) is 17.8 Å². The van der Waals surface area contributed by atoms with E-state index in [9.17, 15) is 0 Å². The van der Waals surface area contributed by atoms with Crippen LogP contribution in [-0.2, 0) is 5.41 Å². The lowest BCUT2D eigenvalue weighted by Gasteiger charge is -2.24. The highest BCUT2D eigenvalue weighted by atomic mass is 14.9. The zero-order valence-electron chi connectivity index (χ0n) is 14.5. The first-order valence-electron chi connectivity index (χ1n) is 7.95. The number of nitrogens with zero attached hydrogens (tertiary/aromatic N) is 1. The van der Waals surface area contributed by atoms with Crippen LogP contribution in [0, 0.1) is 6.92 Å². The summed E-state index contributed by atoms with van der Waals surface area (Å²) in [6, 6.07) is 6.56. The third-order valence-corrected chi connectivity index (χ3v) is 3.98. The van der Waals surface area contributed by atoms with Crippen molar-refractivity contribution in [2.24, 2.45) is 0 Å². The first-order chi connectivity index (χ1) is 9.77. The Kier molecular flexibility index (Phi) is 4.27. The molecule has 2 rings (SSSR count). The Labute approximate surface area is 129 Å². The molecule has 0 aliphatic rings. The van der Waals surface area contributed by atoms with E-state index in [2.05, 4.69) is 72.0 Å². The molecule has 0 radical (unpaired) electrons. The molecule has 0 aliphatic carbocycles. The van der Waals surface area contributed by atoms with Crippen molar-refractivity contribution in [3.8, 4) is 0 Å². The van der Waals surface area contributed by atoms with E-state index in [1.165, 1.54) is 22.2 Å². The predicted octanol–water partition coefficient (Wildman–Crippen LogP) is 5.40. The normalized spacial score (nSPS) is 12.2. The fourth-order valence-electron chi connectivity index (χ4n) is 3.10. The third kappa shape index (κ3) is 2.90. The number of para-hydroxylation sites is 1. The fraction of sp³-hybridized carbons (Fsp3) is 0.526. The van der Waals surface area contributed by atoms with Gasteiger partial charge in [-0.15, -0.1) is 0 Å². The Morgan fingerprint density at radius 3 is 2.38 bits per heavy atom. The van der Waals surface area contributed by atoms with Crippen molar-refractivity contribution in [2.45, 2.75) is 59.8 Å². The summed E-state index contributed by atoms with van der Waals surface area (Å²) in [6.45, 7) is 16.5. The first kappa shape index (κ1) is 15.8. The summed E-state index contributed by atoms with van der Waals surface area (Å²) in [4.78, 5) is 4.97. The maximum Gasteiger partial charge on any atom is 0.0763 e. The molecule has 21 heavy (non-hydrogen) atoms. The van der Waals surface area contributed by atoms with Crippen LogP contribution in [-0.4, -0.2) is 11.5 Å². The molecule has 0 saturated carbocycles. The van der Waals surface area contributed by atoms with Gasteiger partial charge in [0.15, 0.2) is 0 Å². The van der Waals surface area contributed by atoms with Crippen molar-refractivity contribution < 1.29 is 0 Å². The maximum atomic E-state index is 4.97. The van der Waals surface area contributed by atoms with Crippen LogP contribution >= 0.6 is 0 Å². The minimum atomic E-state index is 0.0990. The van der Waals surface area contributed by atoms with Crippen LogP contribution in [0.1, 0.15) is 64.3 Å². The lowest BCUT2D eigenvalue weighted by Crippen LogP contribution is -2.14. The van der Waals surface area contributed by atoms with Gasteiger partial charge < -0.3 is 5.32 Å². The molecule has 114 valence electrons. The van der Waals surface area contributed by atoms with Gasteiger partial charge in [-0.3, -0.25) is 4.98 Å². The van der Waals surface area contributed by atoms with Crippen LogP contribution in [0.2, 0.25) is 0 Å². The number of rotatable bonds is 3. The molecule has 2 heteroatoms. The van der Waals surface area contributed by atoms with Gasteiger partial charge in [0.1, 0.15) is 0 Å². The number of aryl methyl sites for hydroxylation is 1. The molecule has 1 N–H and O–H groups in total. The zero-order chi connectivity index (χ0) is 15.8. The molecule has 0 aliphatic heterocycles. The molecule has 0 atom stereocenters. The second-order valence-corrected chi connectivity index (χ2v) is 7.12. The Bertz CT molecular complexity index is 649. The largest absolute Gasteiger partial charge is 0.384 e. The SMILES string of the molecule is CCNc1c(C(C)C)c(C)nc2c(C(C)(C)C)cccc12. The van der Waals surface area contributed by atoms with Crippen LogP contribution in [0.4, 0.5) is 5.69 Å². The topological polar surface area (TPSA) is 24.9 Å². The summed E-state index contributed by atoms with van der Waals surface area (Å²) in [5.41, 5.74) is 6.31. The monoisotopic (exact) mass is 284 g/mol. The number of aromatic nitrogens is 1. The van der Waals surface area contributed by atoms with Gasteiger partial charge in [0, 0.05) is 23.3 Å². The number of hydrogen-bond donors (Lipinski definition) is 1. The summed E-state index contributed by atoms with van der Waals surface area (Å²) in [6.07, 6.45) is 0. The Hall–Kier alpha value is -1.57. The number of hydrogen-bond acceptors (Lipinski definition) is 2. The van der Waals surface area contributed by atoms with E-state index in [1.807, 2.05) is 0 Å². The summed E-state index contributed by atoms with van der Waals surface area (Å²) >= 11 is 0. The van der Waals surface area contributed by atoms with Crippen LogP contribution in [0.15, 0.2) is 18.2 Å². The van der Waals surface area contributed by atoms with Gasteiger partial charge in [-0.05, 0) is 36.3 Å². The fourth-order valence-corrected chi connectivity index (χ4v) is 3.10. The van der Waals surface area contributed by atoms with Gasteiger partial charge in [-0.2, -0.15) is 0 Å². The molecule has 2 aromatic rings. The molecular formula is C19H28N2. The first-order valence-corrected chi connectivity index (χ1v) is 7.95. The van der Waals surface area contributed by atoms with E-state index in [1.54, 1.807) is 0 Å². The predicted molar refractivity (Wildman–Crippen MR) is 93.4 cm³/mol. The zero-order valence-corrected chi connectivity index (χ0v) is 14.5. The second-order valence-electron chi connectivity index (χ2n) is 7.12. The van der Waals surface area contributed by atoms with Crippen molar-refractivity contribution >= 4 is 16.6 Å². The molecule has 0 spiro atoms. The van der Waals surface area contributed by atoms with Crippen LogP contribution in [0.25, 0.3) is 10.9 Å². The molecule has 0 unspecified atom stereocenters. The van der Waals surface area contributed by atoms with Gasteiger partial charge in [-0.25, -0.2) is 0 Å². The molecule has 0 amide bonds. The summed E-state index contributed by atoms with van der Waals surface area (Å²) in [5, 5.41) is 4.83. The highest BCUT2D eigenvalue weighted by Gasteiger charge is 2.21. The van der Waals surface area contributed by atoms with Gasteiger partial charge in [0.2, 0.25) is 0 Å². The summed E-state index contributed by atoms with van der Waals surface area (Å²) in [7, 11) is 0. The van der Waals surface area contributed by atoms with E-state index >= 15 is 0 Å². The number of nitrogens with one attached hydrogen (secondary N) is 1. The number of fused-ring (bicyclic) bond motifs is 1. The highest BCUT2D eigenvalue weighted by Crippen LogP contribution is 2.37. The number of anilines is 1. The van der Waals surface area contributed by atoms with E-state index in [0.29, 0.717) is 5.92 Å². The number of pyridine rings is 1. The van der Waals surface area contributed by atoms with Crippen molar-refractivity contribution in [1.29, 1.82) is 0 Å². The van der Waals surface area contributed by atoms with Crippen LogP contribution in [0.3, 0.4) is 0 Å². The summed E-state index contributed by atoms with van der Waals surface area (Å²) in [5.74, 6) is 0.467. The minimum Gasteiger partial charge on any atom is -0.384 e. The molecule has 1 aromatic carbocycles. The molecule has 1 aromatic heterocycles. The lowest BCUT2D eigenvalue weighted by molar-refractivity contribution is 0.594. The molecular weight excluding hydrogens is 256 g/mol. The summed E-state index contributed by atoms with van der Waals surface area (Å²) < 4.78 is 0. The highest BCUT2D eigenvalue weighted by molar-refractivity contribution is 5.96. The molecule has 0 bridgehead atoms. The minimum absolute atomic E-state index is 0.0990. The number of benzene rings is 1. The Morgan fingerprint density at radius 2 is 1.86 bits per heavy atom. The Balaban J connectivity index is 2.89. The quantitative estimate of drug-likeness (QED) is 0.816. The average molecular weight is 284 g/mol. The van der Waals surface area contributed by atoms with Crippen molar-refractivity contribution in [3.63, 3.8) is 0 Å². The van der Waals surface area contributed by atoms with Gasteiger partial charge >= 0.3 is 0 Å². The van der Waals surface area contributed by atoms with Crippen molar-refractivity contribution in [1.82, 2.24) is 4.98 Å². The Morgan fingerprint density at radius 1 is 1.19 bits per heavy atom. The standard InChI is InChI=1S/C19H28N2/c1-8-20-18-14-10-9-11-15(19(5,6)7)17(14)21-13(4)16(18)12(2)3/h9-12H,8H2,1-7H3,(H,20,21). The van der Waals surface area contributed by atoms with E-state index < -0.39 is 0 Å². The van der Waals surface area contributed by atoms with Gasteiger partial charge in [-0.1, -0.05) is 52.8 Å². The van der Waals surface area contributed by atoms with Gasteiger partial charge in [0.05, 0.1) is 5.52 Å². The molecule has 0 fully saturated rings. The third-order valence-electron chi connectivity index (χ3n) is 3.98. The van der Waals surface area contributed by atoms with E-state index in [-0.39, 0.29) is 5.41 Å². The molecule has 2 nitrogen and oxygen atoms in total. The molecule has 1 heterocycles. The van der Waals surface area contributed by atoms with E-state index in [4.69, 9.17) is 4.98 Å². The van der Waals surface area contributed by atoms with Crippen molar-refractivity contribution in [2.75, 3.05) is 11.9 Å². The maximum absolute atomic E-state index is 4.97. The van der Waals surface area contributed by atoms with Crippen LogP contribution < -0.4 is 5.32 Å². The smallest absolute Gasteiger partial charge is 0.0763 e. The second kappa shape index (κ2) is 5.67. The molecule has 0 saturated heterocycles. The lowest BCUT2D eigenvalue weighted by atomic mass is 9.84. The average Bonchev–Trinajstić information content (AvgIpc) is 2.36. The van der Waals surface area contributed by atoms with Crippen molar-refractivity contribution in [3.05, 3.63) is 35.0 Å². The van der Waals surface area contributed by atoms with Gasteiger partial charge in [0.25, 0.3) is 0 Å². The van der Waals surface area contributed by atoms with Crippen LogP contribution in [0.5, 0.6) is 0 Å².